The van der Waals surface area contributed by atoms with Crippen molar-refractivity contribution in [3.8, 4) is 18.4 Å². The number of H-pyrrole nitrogens is 3. The first-order valence-corrected chi connectivity index (χ1v) is 33.0. The number of piperidine rings is 1. The van der Waals surface area contributed by atoms with Gasteiger partial charge in [-0.25, -0.2) is 24.5 Å². The van der Waals surface area contributed by atoms with Gasteiger partial charge in [-0.1, -0.05) is 83.0 Å². The second-order valence-corrected chi connectivity index (χ2v) is 27.6. The van der Waals surface area contributed by atoms with Crippen LogP contribution < -0.4 is 21.3 Å². The number of aromatic nitrogens is 6. The number of aromatic amines is 3. The Morgan fingerprint density at radius 3 is 1.37 bits per heavy atom. The second-order valence-electron chi connectivity index (χ2n) is 27.6. The largest absolute Gasteiger partial charge is 0.363 e. The van der Waals surface area contributed by atoms with Crippen LogP contribution in [0.3, 0.4) is 0 Å². The summed E-state index contributed by atoms with van der Waals surface area (Å²) in [6.45, 7) is 18.7. The van der Waals surface area contributed by atoms with Gasteiger partial charge >= 0.3 is 18.0 Å². The van der Waals surface area contributed by atoms with Crippen molar-refractivity contribution in [2.75, 3.05) is 70.3 Å². The van der Waals surface area contributed by atoms with E-state index in [1.54, 1.807) is 19.6 Å². The molecule has 12 rings (SSSR count). The minimum atomic E-state index is -0.385. The number of nitrogens with one attached hydrogen (secondary N) is 7. The third kappa shape index (κ3) is 17.0. The molecule has 0 bridgehead atoms. The summed E-state index contributed by atoms with van der Waals surface area (Å²) >= 11 is 0. The molecule has 0 atom stereocenters. The average Bonchev–Trinajstić information content (AvgIpc) is 1.58. The van der Waals surface area contributed by atoms with Crippen LogP contribution in [0, 0.1) is 41.1 Å². The first-order chi connectivity index (χ1) is 46.4. The van der Waals surface area contributed by atoms with Gasteiger partial charge in [0.25, 0.3) is 17.6 Å². The number of benzene rings is 3. The lowest BCUT2D eigenvalue weighted by Crippen LogP contribution is -2.48. The molecular weight excluding hydrogens is 1220 g/mol. The predicted octanol–water partition coefficient (Wildman–Crippen LogP) is 12.6. The molecule has 3 aromatic carbocycles. The topological polar surface area (TPSA) is 295 Å². The van der Waals surface area contributed by atoms with E-state index in [0.717, 1.165) is 108 Å². The number of carbonyl (C=O) groups is 7. The molecule has 0 unspecified atom stereocenters. The minimum absolute atomic E-state index is 0.0322. The Morgan fingerprint density at radius 2 is 0.979 bits per heavy atom. The number of imidazole rings is 3. The van der Waals surface area contributed by atoms with Crippen molar-refractivity contribution in [3.63, 3.8) is 0 Å². The van der Waals surface area contributed by atoms with Gasteiger partial charge in [-0.2, -0.15) is 5.26 Å². The quantitative estimate of drug-likeness (QED) is 0.0343. The summed E-state index contributed by atoms with van der Waals surface area (Å²) in [5.41, 5.74) is 13.1. The molecule has 3 aliphatic carbocycles. The van der Waals surface area contributed by atoms with Crippen LogP contribution in [0.1, 0.15) is 206 Å². The number of imide groups is 1. The van der Waals surface area contributed by atoms with Crippen LogP contribution in [0.4, 0.5) is 32.5 Å². The standard InChI is InChI=1S/C25H30N6O2.C25H26N4O3.C24H28N6O2/c1-25(2)10-8-16(9-11-25)19-12-17(18-14-30(4)24(33)31(5)15-18)6-7-20(19)28-23(32)22-27-13-21(26-3)29-22;1-4-18-14-26-23(27-18)24(32)28-20-6-5-16(17-12-21(30)29-22(31)13-17)11-19(20)15-7-9-25(2,3)10-8-15;1-29-14-18(15-30(2)24(29)32)17-9-10-21(20(11-17)16-7-5-3-4-6-8-16)28-23(31)22-26-13-19(12-25)27-22/h6-8,12-13,18H,9-11,14-15H2,1-2,4-5H3,(H,27,29)(H,28,32);1,5-7,11,14,17H,8-10,12-13H2,2-3H3,(H,26,27)(H,28,32)(H,29,30,31);7,9-11,13,18H,3-6,8,14-15H2,1-2H3,(H,26,27)(H,28,31). The third-order valence-electron chi connectivity index (χ3n) is 19.0. The summed E-state index contributed by atoms with van der Waals surface area (Å²) in [7, 11) is 7.31. The normalized spacial score (nSPS) is 18.2. The van der Waals surface area contributed by atoms with E-state index < -0.39 is 0 Å². The molecule has 502 valence electrons. The third-order valence-corrected chi connectivity index (χ3v) is 19.0. The van der Waals surface area contributed by atoms with E-state index in [0.29, 0.717) is 37.6 Å². The summed E-state index contributed by atoms with van der Waals surface area (Å²) in [5.74, 6) is 1.57. The first kappa shape index (κ1) is 69.0. The van der Waals surface area contributed by atoms with Crippen molar-refractivity contribution in [2.45, 2.75) is 129 Å². The van der Waals surface area contributed by atoms with E-state index in [1.165, 1.54) is 42.6 Å². The van der Waals surface area contributed by atoms with Crippen LogP contribution in [0.25, 0.3) is 21.6 Å². The van der Waals surface area contributed by atoms with E-state index in [-0.39, 0.29) is 112 Å². The predicted molar refractivity (Wildman–Crippen MR) is 372 cm³/mol. The lowest BCUT2D eigenvalue weighted by atomic mass is 9.76. The molecule has 3 aliphatic heterocycles. The Labute approximate surface area is 565 Å². The van der Waals surface area contributed by atoms with Crippen molar-refractivity contribution in [1.82, 2.24) is 54.8 Å². The van der Waals surface area contributed by atoms with Crippen LogP contribution in [0.2, 0.25) is 0 Å². The molecular formula is C74H84N16O7. The number of anilines is 3. The molecule has 9 amide bonds. The number of hydrogen-bond donors (Lipinski definition) is 7. The molecule has 6 aliphatic rings. The van der Waals surface area contributed by atoms with Crippen LogP contribution >= 0.6 is 0 Å². The number of likely N-dealkylation sites (N-methyl/N-ethyl adjacent to an activating group) is 4. The molecule has 97 heavy (non-hydrogen) atoms. The molecule has 6 heterocycles. The molecule has 0 saturated carbocycles. The second kappa shape index (κ2) is 29.8. The first-order valence-electron chi connectivity index (χ1n) is 33.0. The van der Waals surface area contributed by atoms with E-state index in [4.69, 9.17) is 18.3 Å². The number of rotatable bonds is 12. The lowest BCUT2D eigenvalue weighted by Gasteiger charge is -2.37. The van der Waals surface area contributed by atoms with Gasteiger partial charge in [0.15, 0.2) is 11.6 Å². The summed E-state index contributed by atoms with van der Waals surface area (Å²) in [5, 5.41) is 20.2. The fourth-order valence-electron chi connectivity index (χ4n) is 13.3. The van der Waals surface area contributed by atoms with Crippen molar-refractivity contribution in [3.05, 3.63) is 165 Å². The monoisotopic (exact) mass is 1310 g/mol. The highest BCUT2D eigenvalue weighted by Crippen LogP contribution is 2.44. The van der Waals surface area contributed by atoms with Crippen LogP contribution in [0.15, 0.2) is 91.4 Å². The molecule has 3 saturated heterocycles. The number of amides is 9. The smallest absolute Gasteiger partial charge is 0.319 e. The molecule has 0 radical (unpaired) electrons. The molecule has 3 fully saturated rings. The van der Waals surface area contributed by atoms with Crippen molar-refractivity contribution in [1.29, 1.82) is 5.26 Å². The van der Waals surface area contributed by atoms with Crippen LogP contribution in [0.5, 0.6) is 0 Å². The summed E-state index contributed by atoms with van der Waals surface area (Å²) in [6.07, 6.45) is 28.2. The van der Waals surface area contributed by atoms with Crippen molar-refractivity contribution < 1.29 is 33.6 Å². The summed E-state index contributed by atoms with van der Waals surface area (Å²) < 4.78 is 0. The van der Waals surface area contributed by atoms with Gasteiger partial charge in [0, 0.05) is 119 Å². The summed E-state index contributed by atoms with van der Waals surface area (Å²) in [4.78, 5) is 117. The fourth-order valence-corrected chi connectivity index (χ4v) is 13.3. The Balaban J connectivity index is 0.000000158. The van der Waals surface area contributed by atoms with Crippen LogP contribution in [-0.2, 0) is 9.59 Å². The number of hydrogen-bond acceptors (Lipinski definition) is 11. The zero-order valence-electron chi connectivity index (χ0n) is 56.4. The van der Waals surface area contributed by atoms with Gasteiger partial charge in [-0.15, -0.1) is 6.42 Å². The summed E-state index contributed by atoms with van der Waals surface area (Å²) in [6, 6.07) is 20.0. The van der Waals surface area contributed by atoms with E-state index >= 15 is 0 Å². The van der Waals surface area contributed by atoms with Gasteiger partial charge in [0.2, 0.25) is 17.6 Å². The lowest BCUT2D eigenvalue weighted by molar-refractivity contribution is -0.133. The molecule has 3 aromatic heterocycles. The number of nitriles is 1. The Hall–Kier alpha value is -10.9. The molecule has 0 spiro atoms. The van der Waals surface area contributed by atoms with Crippen molar-refractivity contribution in [2.24, 2.45) is 10.8 Å². The van der Waals surface area contributed by atoms with E-state index in [9.17, 15) is 33.6 Å². The van der Waals surface area contributed by atoms with Gasteiger partial charge in [-0.05, 0) is 145 Å². The molecule has 23 heteroatoms. The molecule has 23 nitrogen and oxygen atoms in total. The highest BCUT2D eigenvalue weighted by atomic mass is 16.2. The zero-order valence-corrected chi connectivity index (χ0v) is 56.4. The number of carbonyl (C=O) groups excluding carboxylic acids is 7. The minimum Gasteiger partial charge on any atom is -0.363 e. The van der Waals surface area contributed by atoms with Gasteiger partial charge < -0.3 is 50.4 Å². The Morgan fingerprint density at radius 1 is 0.567 bits per heavy atom. The Kier molecular flexibility index (Phi) is 21.2. The van der Waals surface area contributed by atoms with E-state index in [2.05, 4.69) is 120 Å². The molecule has 7 N–H and O–H groups in total. The maximum Gasteiger partial charge on any atom is 0.319 e. The van der Waals surface area contributed by atoms with Gasteiger partial charge in [0.05, 0.1) is 18.6 Å². The zero-order chi connectivity index (χ0) is 69.3. The number of allylic oxidation sites excluding steroid dienone is 6. The maximum absolute atomic E-state index is 12.8. The molecule has 6 aromatic rings. The highest BCUT2D eigenvalue weighted by molar-refractivity contribution is 6.05. The SMILES string of the molecule is C#Cc1cnc(C(=O)Nc2ccc(C3CC(=O)NC(=O)C3)cc2C2=CCC(C)(C)CC2)[nH]1.CN1CC(c2ccc(NC(=O)c3ncc(C#N)[nH]3)c(C3=CCCCCC3)c2)CN(C)C1=O.[C-]#[N+]c1cnc(C(=O)Nc2ccc(C3CN(C)C(=O)N(C)C3)cc2C2=CCC(C)(C)CC2)[nH]1. The van der Waals surface area contributed by atoms with Crippen LogP contribution in [-0.4, -0.2) is 145 Å². The number of terminal acetylenes is 1. The Bertz CT molecular complexity index is 4230. The average molecular weight is 1310 g/mol. The van der Waals surface area contributed by atoms with E-state index in [1.807, 2.05) is 76.7 Å². The maximum atomic E-state index is 12.8. The number of urea groups is 2. The highest BCUT2D eigenvalue weighted by Gasteiger charge is 2.33. The number of nitrogens with zero attached hydrogens (tertiary/aromatic N) is 9. The van der Waals surface area contributed by atoms with Gasteiger partial charge in [-0.3, -0.25) is 34.3 Å². The van der Waals surface area contributed by atoms with Gasteiger partial charge in [0.1, 0.15) is 17.5 Å². The fraction of sp³-hybridized carbons (Fsp3) is 0.405. The van der Waals surface area contributed by atoms with Crippen molar-refractivity contribution >= 4 is 81.2 Å².